The van der Waals surface area contributed by atoms with Crippen molar-refractivity contribution in [1.29, 1.82) is 0 Å². The number of anilines is 1. The van der Waals surface area contributed by atoms with Crippen LogP contribution in [0.2, 0.25) is 0 Å². The average Bonchev–Trinajstić information content (AvgIpc) is 3.53. The van der Waals surface area contributed by atoms with Crippen molar-refractivity contribution in [3.63, 3.8) is 0 Å². The molecule has 0 aliphatic carbocycles. The molecule has 0 radical (unpaired) electrons. The van der Waals surface area contributed by atoms with Crippen molar-refractivity contribution in [2.45, 2.75) is 45.4 Å². The van der Waals surface area contributed by atoms with Crippen LogP contribution in [0.1, 0.15) is 42.6 Å². The number of rotatable bonds is 7. The fourth-order valence-corrected chi connectivity index (χ4v) is 6.83. The first kappa shape index (κ1) is 24.0. The summed E-state index contributed by atoms with van der Waals surface area (Å²) in [6.07, 6.45) is 4.78. The second kappa shape index (κ2) is 10.1. The minimum absolute atomic E-state index is 0.115. The molecule has 2 aliphatic rings. The van der Waals surface area contributed by atoms with Crippen LogP contribution in [0.25, 0.3) is 11.0 Å². The smallest absolute Gasteiger partial charge is 0.281 e. The highest BCUT2D eigenvalue weighted by molar-refractivity contribution is 7.86. The number of benzene rings is 2. The molecule has 0 spiro atoms. The van der Waals surface area contributed by atoms with Crippen LogP contribution < -0.4 is 5.32 Å². The van der Waals surface area contributed by atoms with Crippen molar-refractivity contribution >= 4 is 32.8 Å². The van der Waals surface area contributed by atoms with Crippen LogP contribution in [-0.2, 0) is 27.8 Å². The Kier molecular flexibility index (Phi) is 6.91. The van der Waals surface area contributed by atoms with Crippen LogP contribution >= 0.6 is 0 Å². The highest BCUT2D eigenvalue weighted by Crippen LogP contribution is 2.25. The maximum absolute atomic E-state index is 13.0. The molecule has 2 aliphatic heterocycles. The molecule has 9 heteroatoms. The normalized spacial score (nSPS) is 19.9. The number of aromatic nitrogens is 2. The number of piperidine rings is 1. The molecule has 1 amide bonds. The summed E-state index contributed by atoms with van der Waals surface area (Å²) in [6.45, 7) is 3.96. The maximum atomic E-state index is 13.0. The van der Waals surface area contributed by atoms with Crippen molar-refractivity contribution in [2.75, 3.05) is 31.5 Å². The second-order valence-electron chi connectivity index (χ2n) is 9.70. The van der Waals surface area contributed by atoms with E-state index in [9.17, 15) is 13.2 Å². The van der Waals surface area contributed by atoms with Gasteiger partial charge in [0, 0.05) is 38.3 Å². The summed E-state index contributed by atoms with van der Waals surface area (Å²) in [5.74, 6) is 0.487. The molecule has 186 valence electrons. The van der Waals surface area contributed by atoms with E-state index in [-0.39, 0.29) is 18.4 Å². The van der Waals surface area contributed by atoms with Crippen molar-refractivity contribution in [1.82, 2.24) is 18.6 Å². The Morgan fingerprint density at radius 3 is 2.69 bits per heavy atom. The van der Waals surface area contributed by atoms with Crippen LogP contribution in [0, 0.1) is 12.8 Å². The lowest BCUT2D eigenvalue weighted by Crippen LogP contribution is -2.49. The third-order valence-corrected chi connectivity index (χ3v) is 9.01. The number of aromatic amines is 1. The van der Waals surface area contributed by atoms with Gasteiger partial charge in [-0.25, -0.2) is 4.98 Å². The Bertz CT molecular complexity index is 1310. The Morgan fingerprint density at radius 2 is 1.86 bits per heavy atom. The van der Waals surface area contributed by atoms with E-state index in [1.54, 1.807) is 4.31 Å². The van der Waals surface area contributed by atoms with Gasteiger partial charge < -0.3 is 10.3 Å². The number of H-pyrrole nitrogens is 1. The summed E-state index contributed by atoms with van der Waals surface area (Å²) in [7, 11) is -3.48. The van der Waals surface area contributed by atoms with Crippen molar-refractivity contribution in [3.05, 3.63) is 59.4 Å². The van der Waals surface area contributed by atoms with Crippen LogP contribution in [0.3, 0.4) is 0 Å². The van der Waals surface area contributed by atoms with Gasteiger partial charge in [0.05, 0.1) is 17.0 Å². The van der Waals surface area contributed by atoms with Crippen LogP contribution in [0.4, 0.5) is 5.69 Å². The van der Waals surface area contributed by atoms with Crippen LogP contribution in [0.15, 0.2) is 42.5 Å². The molecule has 1 atom stereocenters. The fraction of sp³-hybridized carbons (Fsp3) is 0.462. The number of imidazole rings is 1. The highest BCUT2D eigenvalue weighted by Gasteiger charge is 2.36. The minimum Gasteiger partial charge on any atom is -0.342 e. The number of hydrogen-bond donors (Lipinski definition) is 2. The number of carbonyl (C=O) groups is 1. The summed E-state index contributed by atoms with van der Waals surface area (Å²) >= 11 is 0. The van der Waals surface area contributed by atoms with Gasteiger partial charge in [0.25, 0.3) is 10.2 Å². The van der Waals surface area contributed by atoms with E-state index in [4.69, 9.17) is 0 Å². The molecule has 0 saturated carbocycles. The average molecular weight is 496 g/mol. The van der Waals surface area contributed by atoms with E-state index < -0.39 is 10.2 Å². The first-order valence-corrected chi connectivity index (χ1v) is 13.9. The molecule has 5 rings (SSSR count). The maximum Gasteiger partial charge on any atom is 0.281 e. The number of hydrogen-bond acceptors (Lipinski definition) is 4. The minimum atomic E-state index is -3.48. The van der Waals surface area contributed by atoms with Gasteiger partial charge in [0.1, 0.15) is 5.82 Å². The molecule has 0 bridgehead atoms. The molecule has 8 nitrogen and oxygen atoms in total. The summed E-state index contributed by atoms with van der Waals surface area (Å²) in [6, 6.07) is 14.1. The topological polar surface area (TPSA) is 98.4 Å². The molecular weight excluding hydrogens is 462 g/mol. The first-order valence-electron chi connectivity index (χ1n) is 12.5. The first-order chi connectivity index (χ1) is 16.9. The number of aryl methyl sites for hydroxylation is 3. The lowest BCUT2D eigenvalue weighted by Gasteiger charge is -2.33. The van der Waals surface area contributed by atoms with Gasteiger partial charge in [-0.15, -0.1) is 0 Å². The molecule has 2 aromatic carbocycles. The second-order valence-corrected chi connectivity index (χ2v) is 11.6. The van der Waals surface area contributed by atoms with Gasteiger partial charge in [-0.3, -0.25) is 4.79 Å². The van der Waals surface area contributed by atoms with E-state index in [0.29, 0.717) is 32.5 Å². The van der Waals surface area contributed by atoms with Crippen molar-refractivity contribution in [3.8, 4) is 0 Å². The number of nitrogens with zero attached hydrogens (tertiary/aromatic N) is 3. The standard InChI is InChI=1S/C26H33N5O3S/c1-19-9-11-23-24(16-19)29-25(28-23)12-10-20-6-4-8-22(17-20)27-26(32)21-7-5-15-31(18-21)35(33,34)30-13-2-3-14-30/h4,6,8-9,11,16-17,21H,2-3,5,7,10,12-15,18H2,1H3,(H,27,32)(H,28,29)/t21-/m1/s1. The molecule has 2 fully saturated rings. The van der Waals surface area contributed by atoms with Gasteiger partial charge >= 0.3 is 0 Å². The number of fused-ring (bicyclic) bond motifs is 1. The predicted molar refractivity (Wildman–Crippen MR) is 137 cm³/mol. The Morgan fingerprint density at radius 1 is 1.06 bits per heavy atom. The van der Waals surface area contributed by atoms with E-state index >= 15 is 0 Å². The SMILES string of the molecule is Cc1ccc2nc(CCc3cccc(NC(=O)[C@@H]4CCCN(S(=O)(=O)N5CCCC5)C4)c3)[nH]c2c1. The van der Waals surface area contributed by atoms with Gasteiger partial charge in [0.15, 0.2) is 0 Å². The van der Waals surface area contributed by atoms with Crippen molar-refractivity contribution < 1.29 is 13.2 Å². The number of amides is 1. The van der Waals surface area contributed by atoms with Gasteiger partial charge in [0.2, 0.25) is 5.91 Å². The van der Waals surface area contributed by atoms with Crippen LogP contribution in [-0.4, -0.2) is 59.1 Å². The summed E-state index contributed by atoms with van der Waals surface area (Å²) in [4.78, 5) is 21.1. The zero-order chi connectivity index (χ0) is 24.4. The van der Waals surface area contributed by atoms with Gasteiger partial charge in [-0.05, 0) is 74.4 Å². The van der Waals surface area contributed by atoms with E-state index in [0.717, 1.165) is 53.8 Å². The number of nitrogens with one attached hydrogen (secondary N) is 2. The summed E-state index contributed by atoms with van der Waals surface area (Å²) in [5.41, 5.74) is 5.08. The molecule has 0 unspecified atom stereocenters. The lowest BCUT2D eigenvalue weighted by atomic mass is 9.98. The molecule has 2 saturated heterocycles. The Balaban J connectivity index is 1.19. The lowest BCUT2D eigenvalue weighted by molar-refractivity contribution is -0.120. The van der Waals surface area contributed by atoms with Gasteiger partial charge in [-0.2, -0.15) is 17.0 Å². The summed E-state index contributed by atoms with van der Waals surface area (Å²) < 4.78 is 28.9. The summed E-state index contributed by atoms with van der Waals surface area (Å²) in [5, 5.41) is 3.02. The highest BCUT2D eigenvalue weighted by atomic mass is 32.2. The molecule has 2 N–H and O–H groups in total. The quantitative estimate of drug-likeness (QED) is 0.523. The Hall–Kier alpha value is -2.75. The molecule has 35 heavy (non-hydrogen) atoms. The number of carbonyl (C=O) groups excluding carboxylic acids is 1. The predicted octanol–water partition coefficient (Wildman–Crippen LogP) is 3.65. The molecule has 3 aromatic rings. The molecular formula is C26H33N5O3S. The third kappa shape index (κ3) is 5.42. The Labute approximate surface area is 206 Å². The monoisotopic (exact) mass is 495 g/mol. The zero-order valence-electron chi connectivity index (χ0n) is 20.2. The largest absolute Gasteiger partial charge is 0.342 e. The zero-order valence-corrected chi connectivity index (χ0v) is 21.0. The van der Waals surface area contributed by atoms with Crippen LogP contribution in [0.5, 0.6) is 0 Å². The third-order valence-electron chi connectivity index (χ3n) is 7.00. The van der Waals surface area contributed by atoms with E-state index in [1.165, 1.54) is 9.87 Å². The van der Waals surface area contributed by atoms with E-state index in [1.807, 2.05) is 30.3 Å². The van der Waals surface area contributed by atoms with Gasteiger partial charge in [-0.1, -0.05) is 18.2 Å². The van der Waals surface area contributed by atoms with E-state index in [2.05, 4.69) is 34.3 Å². The molecule has 3 heterocycles. The molecule has 1 aromatic heterocycles. The fourth-order valence-electron chi connectivity index (χ4n) is 5.05. The van der Waals surface area contributed by atoms with Crippen molar-refractivity contribution in [2.24, 2.45) is 5.92 Å².